The number of carbonyl (C=O) groups is 1. The fraction of sp³-hybridized carbons (Fsp3) is 0.579. The number of carbonyl (C=O) groups excluding carboxylic acids is 1. The highest BCUT2D eigenvalue weighted by Crippen LogP contribution is 2.29. The van der Waals surface area contributed by atoms with Crippen LogP contribution >= 0.6 is 12.2 Å². The Balaban J connectivity index is 1.50. The molecule has 0 heterocycles. The molecule has 0 aliphatic heterocycles. The van der Waals surface area contributed by atoms with E-state index in [0.717, 1.165) is 19.3 Å². The van der Waals surface area contributed by atoms with E-state index < -0.39 is 0 Å². The molecule has 1 aromatic rings. The van der Waals surface area contributed by atoms with Crippen LogP contribution in [0.1, 0.15) is 61.0 Å². The van der Waals surface area contributed by atoms with Crippen molar-refractivity contribution in [1.29, 1.82) is 0 Å². The van der Waals surface area contributed by atoms with Gasteiger partial charge in [-0.3, -0.25) is 15.6 Å². The molecular formula is C19H27N3OS. The first kappa shape index (κ1) is 17.2. The monoisotopic (exact) mass is 345 g/mol. The summed E-state index contributed by atoms with van der Waals surface area (Å²) in [6.45, 7) is 4.57. The second kappa shape index (κ2) is 7.51. The Labute approximate surface area is 149 Å². The van der Waals surface area contributed by atoms with E-state index in [-0.39, 0.29) is 5.91 Å². The van der Waals surface area contributed by atoms with Gasteiger partial charge < -0.3 is 5.32 Å². The lowest BCUT2D eigenvalue weighted by atomic mass is 9.78. The molecule has 5 heteroatoms. The lowest BCUT2D eigenvalue weighted by Crippen LogP contribution is -2.52. The second-order valence-corrected chi connectivity index (χ2v) is 7.67. The van der Waals surface area contributed by atoms with Crippen molar-refractivity contribution in [1.82, 2.24) is 16.2 Å². The Morgan fingerprint density at radius 2 is 1.88 bits per heavy atom. The van der Waals surface area contributed by atoms with Crippen molar-refractivity contribution in [2.75, 3.05) is 0 Å². The number of hydrazine groups is 1. The molecule has 0 unspecified atom stereocenters. The summed E-state index contributed by atoms with van der Waals surface area (Å²) in [5, 5.41) is 3.85. The van der Waals surface area contributed by atoms with Crippen LogP contribution in [-0.4, -0.2) is 17.1 Å². The van der Waals surface area contributed by atoms with Crippen LogP contribution < -0.4 is 16.2 Å². The first-order valence-corrected chi connectivity index (χ1v) is 9.44. The summed E-state index contributed by atoms with van der Waals surface area (Å²) in [6.07, 6.45) is 7.03. The summed E-state index contributed by atoms with van der Waals surface area (Å²) in [5.74, 6) is 1.16. The molecule has 0 aromatic heterocycles. The summed E-state index contributed by atoms with van der Waals surface area (Å²) in [7, 11) is 0. The summed E-state index contributed by atoms with van der Waals surface area (Å²) in [4.78, 5) is 12.3. The fourth-order valence-electron chi connectivity index (χ4n) is 3.89. The van der Waals surface area contributed by atoms with Crippen LogP contribution in [0.2, 0.25) is 0 Å². The highest BCUT2D eigenvalue weighted by molar-refractivity contribution is 7.80. The number of fused-ring (bicyclic) bond motifs is 1. The molecule has 3 atom stereocenters. The number of benzene rings is 1. The van der Waals surface area contributed by atoms with Crippen LogP contribution in [0.4, 0.5) is 0 Å². The maximum Gasteiger partial charge on any atom is 0.269 e. The quantitative estimate of drug-likeness (QED) is 0.569. The van der Waals surface area contributed by atoms with Crippen molar-refractivity contribution < 1.29 is 4.79 Å². The van der Waals surface area contributed by atoms with Crippen LogP contribution in [-0.2, 0) is 12.8 Å². The van der Waals surface area contributed by atoms with Crippen LogP contribution in [0.5, 0.6) is 0 Å². The molecular weight excluding hydrogens is 318 g/mol. The van der Waals surface area contributed by atoms with Crippen LogP contribution in [0.15, 0.2) is 18.2 Å². The molecule has 3 N–H and O–H groups in total. The third kappa shape index (κ3) is 3.89. The molecule has 0 saturated heterocycles. The van der Waals surface area contributed by atoms with E-state index >= 15 is 0 Å². The summed E-state index contributed by atoms with van der Waals surface area (Å²) >= 11 is 5.34. The normalized spacial score (nSPS) is 25.7. The third-order valence-electron chi connectivity index (χ3n) is 5.67. The van der Waals surface area contributed by atoms with E-state index in [1.165, 1.54) is 30.4 Å². The molecule has 1 fully saturated rings. The van der Waals surface area contributed by atoms with E-state index in [9.17, 15) is 4.79 Å². The van der Waals surface area contributed by atoms with Crippen molar-refractivity contribution in [2.24, 2.45) is 11.8 Å². The van der Waals surface area contributed by atoms with Gasteiger partial charge in [0.1, 0.15) is 0 Å². The van der Waals surface area contributed by atoms with Crippen LogP contribution in [0, 0.1) is 11.8 Å². The standard InChI is InChI=1S/C19H27N3OS/c1-12-5-3-8-17(13(12)2)20-19(24)22-21-18(23)16-10-9-14-6-4-7-15(14)11-16/h9-13,17H,3-8H2,1-2H3,(H,21,23)(H2,20,22,24)/t12-,13-,17-/m1/s1. The Hall–Kier alpha value is -1.62. The molecule has 1 aromatic carbocycles. The number of aryl methyl sites for hydroxylation is 2. The van der Waals surface area contributed by atoms with E-state index in [0.29, 0.717) is 28.6 Å². The Bertz CT molecular complexity index is 631. The highest BCUT2D eigenvalue weighted by atomic mass is 32.1. The molecule has 130 valence electrons. The molecule has 0 radical (unpaired) electrons. The van der Waals surface area contributed by atoms with Gasteiger partial charge in [-0.1, -0.05) is 32.8 Å². The maximum atomic E-state index is 12.3. The zero-order chi connectivity index (χ0) is 17.1. The number of hydrogen-bond acceptors (Lipinski definition) is 2. The van der Waals surface area contributed by atoms with Crippen LogP contribution in [0.3, 0.4) is 0 Å². The van der Waals surface area contributed by atoms with Gasteiger partial charge in [0, 0.05) is 11.6 Å². The van der Waals surface area contributed by atoms with Gasteiger partial charge in [0.15, 0.2) is 5.11 Å². The van der Waals surface area contributed by atoms with Gasteiger partial charge >= 0.3 is 0 Å². The number of rotatable bonds is 2. The smallest absolute Gasteiger partial charge is 0.269 e. The number of amides is 1. The van der Waals surface area contributed by atoms with E-state index in [1.54, 1.807) is 0 Å². The largest absolute Gasteiger partial charge is 0.358 e. The van der Waals surface area contributed by atoms with Gasteiger partial charge in [-0.05, 0) is 73.0 Å². The molecule has 0 bridgehead atoms. The topological polar surface area (TPSA) is 53.2 Å². The minimum absolute atomic E-state index is 0.140. The van der Waals surface area contributed by atoms with Crippen molar-refractivity contribution in [3.8, 4) is 0 Å². The number of nitrogens with one attached hydrogen (secondary N) is 3. The Kier molecular flexibility index (Phi) is 5.39. The van der Waals surface area contributed by atoms with Crippen molar-refractivity contribution in [3.63, 3.8) is 0 Å². The predicted molar refractivity (Wildman–Crippen MR) is 101 cm³/mol. The Morgan fingerprint density at radius 1 is 1.08 bits per heavy atom. The highest BCUT2D eigenvalue weighted by Gasteiger charge is 2.27. The summed E-state index contributed by atoms with van der Waals surface area (Å²) < 4.78 is 0. The first-order chi connectivity index (χ1) is 11.5. The summed E-state index contributed by atoms with van der Waals surface area (Å²) in [6, 6.07) is 6.34. The first-order valence-electron chi connectivity index (χ1n) is 9.03. The molecule has 24 heavy (non-hydrogen) atoms. The molecule has 2 aliphatic rings. The SMILES string of the molecule is C[C@@H]1[C@H](C)CCC[C@H]1NC(=S)NNC(=O)c1ccc2c(c1)CCC2. The lowest BCUT2D eigenvalue weighted by Gasteiger charge is -2.35. The van der Waals surface area contributed by atoms with Gasteiger partial charge in [0.2, 0.25) is 0 Å². The zero-order valence-electron chi connectivity index (χ0n) is 14.5. The molecule has 1 amide bonds. The fourth-order valence-corrected chi connectivity index (χ4v) is 4.09. The van der Waals surface area contributed by atoms with E-state index in [4.69, 9.17) is 12.2 Å². The predicted octanol–water partition coefficient (Wildman–Crippen LogP) is 3.11. The van der Waals surface area contributed by atoms with E-state index in [2.05, 4.69) is 36.1 Å². The van der Waals surface area contributed by atoms with Gasteiger partial charge in [0.05, 0.1) is 0 Å². The number of thiocarbonyl (C=S) groups is 1. The molecule has 4 nitrogen and oxygen atoms in total. The van der Waals surface area contributed by atoms with Crippen molar-refractivity contribution in [3.05, 3.63) is 34.9 Å². The van der Waals surface area contributed by atoms with E-state index in [1.807, 2.05) is 12.1 Å². The third-order valence-corrected chi connectivity index (χ3v) is 5.89. The molecule has 0 spiro atoms. The number of hydrogen-bond donors (Lipinski definition) is 3. The summed E-state index contributed by atoms with van der Waals surface area (Å²) in [5.41, 5.74) is 8.92. The lowest BCUT2D eigenvalue weighted by molar-refractivity contribution is 0.0943. The average molecular weight is 346 g/mol. The minimum atomic E-state index is -0.140. The van der Waals surface area contributed by atoms with Gasteiger partial charge in [-0.25, -0.2) is 0 Å². The van der Waals surface area contributed by atoms with Gasteiger partial charge in [-0.2, -0.15) is 0 Å². The molecule has 1 saturated carbocycles. The zero-order valence-corrected chi connectivity index (χ0v) is 15.3. The Morgan fingerprint density at radius 3 is 2.71 bits per heavy atom. The second-order valence-electron chi connectivity index (χ2n) is 7.26. The molecule has 3 rings (SSSR count). The molecule has 2 aliphatic carbocycles. The van der Waals surface area contributed by atoms with Gasteiger partial charge in [0.25, 0.3) is 5.91 Å². The minimum Gasteiger partial charge on any atom is -0.358 e. The van der Waals surface area contributed by atoms with Crippen molar-refractivity contribution >= 4 is 23.2 Å². The average Bonchev–Trinajstić information content (AvgIpc) is 3.04. The maximum absolute atomic E-state index is 12.3. The van der Waals surface area contributed by atoms with Crippen LogP contribution in [0.25, 0.3) is 0 Å². The van der Waals surface area contributed by atoms with Gasteiger partial charge in [-0.15, -0.1) is 0 Å². The van der Waals surface area contributed by atoms with Crippen molar-refractivity contribution in [2.45, 2.75) is 58.4 Å².